The summed E-state index contributed by atoms with van der Waals surface area (Å²) < 4.78 is 0. The van der Waals surface area contributed by atoms with Gasteiger partial charge in [0.05, 0.1) is 5.69 Å². The minimum Gasteiger partial charge on any atom is -0.345 e. The molecule has 0 saturated carbocycles. The van der Waals surface area contributed by atoms with Crippen molar-refractivity contribution in [3.8, 4) is 0 Å². The predicted octanol–water partition coefficient (Wildman–Crippen LogP) is 1.57. The first kappa shape index (κ1) is 17.2. The van der Waals surface area contributed by atoms with E-state index in [0.29, 0.717) is 6.42 Å². The van der Waals surface area contributed by atoms with E-state index in [9.17, 15) is 4.79 Å². The summed E-state index contributed by atoms with van der Waals surface area (Å²) >= 11 is 1.73. The number of nitrogens with two attached hydrogens (primary N) is 1. The Kier molecular flexibility index (Phi) is 6.23. The van der Waals surface area contributed by atoms with Gasteiger partial charge in [0.15, 0.2) is 5.13 Å². The van der Waals surface area contributed by atoms with Gasteiger partial charge in [0.25, 0.3) is 0 Å². The molecule has 1 unspecified atom stereocenters. The average Bonchev–Trinajstić information content (AvgIpc) is 2.69. The number of halogens is 1. The number of aromatic nitrogens is 1. The highest BCUT2D eigenvalue weighted by Crippen LogP contribution is 2.25. The van der Waals surface area contributed by atoms with E-state index >= 15 is 0 Å². The first-order valence-corrected chi connectivity index (χ1v) is 7.51. The molecule has 2 N–H and O–H groups in total. The Hall–Kier alpha value is -0.850. The van der Waals surface area contributed by atoms with Crippen LogP contribution in [-0.4, -0.2) is 48.0 Å². The number of rotatable bonds is 3. The number of hydrogen-bond donors (Lipinski definition) is 1. The second-order valence-corrected chi connectivity index (χ2v) is 6.37. The molecule has 1 aliphatic rings. The lowest BCUT2D eigenvalue weighted by Crippen LogP contribution is -2.49. The topological polar surface area (TPSA) is 62.5 Å². The molecule has 0 aromatic carbocycles. The van der Waals surface area contributed by atoms with E-state index in [0.717, 1.165) is 37.0 Å². The Bertz CT molecular complexity index is 436. The molecule has 0 aliphatic carbocycles. The molecule has 1 aromatic rings. The zero-order chi connectivity index (χ0) is 14.0. The summed E-state index contributed by atoms with van der Waals surface area (Å²) in [6, 6.07) is -0.0604. The van der Waals surface area contributed by atoms with Gasteiger partial charge in [-0.2, -0.15) is 0 Å². The van der Waals surface area contributed by atoms with Crippen molar-refractivity contribution < 1.29 is 4.79 Å². The normalized spacial score (nSPS) is 16.8. The molecule has 1 aromatic heterocycles. The molecule has 0 radical (unpaired) electrons. The molecule has 7 heteroatoms. The zero-order valence-electron chi connectivity index (χ0n) is 12.3. The van der Waals surface area contributed by atoms with Gasteiger partial charge in [0.1, 0.15) is 0 Å². The molecule has 20 heavy (non-hydrogen) atoms. The monoisotopic (exact) mass is 318 g/mol. The van der Waals surface area contributed by atoms with Crippen molar-refractivity contribution in [2.24, 2.45) is 5.73 Å². The van der Waals surface area contributed by atoms with E-state index in [1.807, 2.05) is 18.7 Å². The number of thiazole rings is 1. The fourth-order valence-corrected chi connectivity index (χ4v) is 3.10. The standard InChI is InChI=1S/C13H22N4OS.ClH/c1-9(14)8-12(18)16-4-6-17(7-5-16)13-15-10(2)11(3)19-13;/h9H,4-8,14H2,1-3H3;1H. The van der Waals surface area contributed by atoms with Crippen LogP contribution in [0.15, 0.2) is 0 Å². The van der Waals surface area contributed by atoms with E-state index < -0.39 is 0 Å². The van der Waals surface area contributed by atoms with Crippen LogP contribution in [0.2, 0.25) is 0 Å². The van der Waals surface area contributed by atoms with E-state index in [4.69, 9.17) is 5.73 Å². The van der Waals surface area contributed by atoms with E-state index in [2.05, 4.69) is 16.8 Å². The van der Waals surface area contributed by atoms with E-state index in [1.54, 1.807) is 11.3 Å². The van der Waals surface area contributed by atoms with Crippen LogP contribution in [0.1, 0.15) is 23.9 Å². The van der Waals surface area contributed by atoms with Crippen LogP contribution in [0, 0.1) is 13.8 Å². The van der Waals surface area contributed by atoms with Crippen molar-refractivity contribution >= 4 is 34.8 Å². The van der Waals surface area contributed by atoms with Crippen LogP contribution < -0.4 is 10.6 Å². The lowest BCUT2D eigenvalue weighted by atomic mass is 10.2. The SMILES string of the molecule is Cc1nc(N2CCN(C(=O)CC(C)N)CC2)sc1C.Cl. The van der Waals surface area contributed by atoms with Crippen LogP contribution in [0.25, 0.3) is 0 Å². The summed E-state index contributed by atoms with van der Waals surface area (Å²) in [6.45, 7) is 9.26. The van der Waals surface area contributed by atoms with Crippen LogP contribution in [0.5, 0.6) is 0 Å². The molecule has 0 bridgehead atoms. The second-order valence-electron chi connectivity index (χ2n) is 5.19. The van der Waals surface area contributed by atoms with Crippen molar-refractivity contribution in [2.75, 3.05) is 31.1 Å². The molecule has 2 heterocycles. The first-order chi connectivity index (χ1) is 8.97. The summed E-state index contributed by atoms with van der Waals surface area (Å²) in [4.78, 5) is 21.9. The van der Waals surface area contributed by atoms with E-state index in [1.165, 1.54) is 4.88 Å². The van der Waals surface area contributed by atoms with Crippen molar-refractivity contribution in [3.63, 3.8) is 0 Å². The van der Waals surface area contributed by atoms with E-state index in [-0.39, 0.29) is 24.4 Å². The predicted molar refractivity (Wildman–Crippen MR) is 85.9 cm³/mol. The molecule has 5 nitrogen and oxygen atoms in total. The number of amides is 1. The molecular formula is C13H23ClN4OS. The Morgan fingerprint density at radius 1 is 1.35 bits per heavy atom. The van der Waals surface area contributed by atoms with Gasteiger partial charge in [-0.25, -0.2) is 4.98 Å². The molecule has 1 saturated heterocycles. The number of carbonyl (C=O) groups is 1. The summed E-state index contributed by atoms with van der Waals surface area (Å²) in [6.07, 6.45) is 0.440. The maximum Gasteiger partial charge on any atom is 0.224 e. The molecule has 1 aliphatic heterocycles. The quantitative estimate of drug-likeness (QED) is 0.919. The second kappa shape index (κ2) is 7.24. The van der Waals surface area contributed by atoms with Gasteiger partial charge in [-0.3, -0.25) is 4.79 Å². The van der Waals surface area contributed by atoms with Crippen molar-refractivity contribution in [1.29, 1.82) is 0 Å². The lowest BCUT2D eigenvalue weighted by Gasteiger charge is -2.34. The van der Waals surface area contributed by atoms with Crippen molar-refractivity contribution in [3.05, 3.63) is 10.6 Å². The largest absolute Gasteiger partial charge is 0.345 e. The smallest absolute Gasteiger partial charge is 0.224 e. The average molecular weight is 319 g/mol. The maximum absolute atomic E-state index is 11.9. The molecule has 1 fully saturated rings. The number of aryl methyl sites for hydroxylation is 2. The van der Waals surface area contributed by atoms with Gasteiger partial charge in [-0.1, -0.05) is 0 Å². The highest BCUT2D eigenvalue weighted by atomic mass is 35.5. The van der Waals surface area contributed by atoms with Crippen LogP contribution in [-0.2, 0) is 4.79 Å². The summed E-state index contributed by atoms with van der Waals surface area (Å²) in [7, 11) is 0. The number of anilines is 1. The minimum atomic E-state index is -0.0604. The summed E-state index contributed by atoms with van der Waals surface area (Å²) in [5, 5.41) is 1.08. The molecular weight excluding hydrogens is 296 g/mol. The Morgan fingerprint density at radius 3 is 2.40 bits per heavy atom. The first-order valence-electron chi connectivity index (χ1n) is 6.69. The highest BCUT2D eigenvalue weighted by Gasteiger charge is 2.23. The summed E-state index contributed by atoms with van der Waals surface area (Å²) in [5.41, 5.74) is 6.78. The van der Waals surface area contributed by atoms with Gasteiger partial charge in [-0.05, 0) is 20.8 Å². The number of carbonyl (C=O) groups excluding carboxylic acids is 1. The Morgan fingerprint density at radius 2 is 1.95 bits per heavy atom. The molecule has 2 rings (SSSR count). The van der Waals surface area contributed by atoms with Crippen molar-refractivity contribution in [1.82, 2.24) is 9.88 Å². The van der Waals surface area contributed by atoms with Gasteiger partial charge in [0.2, 0.25) is 5.91 Å². The third-order valence-electron chi connectivity index (χ3n) is 3.42. The van der Waals surface area contributed by atoms with Crippen LogP contribution >= 0.6 is 23.7 Å². The number of nitrogens with zero attached hydrogens (tertiary/aromatic N) is 3. The molecule has 1 amide bonds. The third kappa shape index (κ3) is 4.07. The van der Waals surface area contributed by atoms with Crippen LogP contribution in [0.4, 0.5) is 5.13 Å². The Balaban J connectivity index is 0.00000200. The third-order valence-corrected chi connectivity index (χ3v) is 4.55. The minimum absolute atomic E-state index is 0. The van der Waals surface area contributed by atoms with Crippen LogP contribution in [0.3, 0.4) is 0 Å². The lowest BCUT2D eigenvalue weighted by molar-refractivity contribution is -0.131. The molecule has 0 spiro atoms. The zero-order valence-corrected chi connectivity index (χ0v) is 13.9. The Labute approximate surface area is 130 Å². The number of piperazine rings is 1. The van der Waals surface area contributed by atoms with Gasteiger partial charge < -0.3 is 15.5 Å². The molecule has 1 atom stereocenters. The van der Waals surface area contributed by atoms with Gasteiger partial charge in [-0.15, -0.1) is 23.7 Å². The van der Waals surface area contributed by atoms with Crippen molar-refractivity contribution in [2.45, 2.75) is 33.2 Å². The number of hydrogen-bond acceptors (Lipinski definition) is 5. The fraction of sp³-hybridized carbons (Fsp3) is 0.692. The fourth-order valence-electron chi connectivity index (χ4n) is 2.14. The maximum atomic E-state index is 11.9. The molecule has 114 valence electrons. The highest BCUT2D eigenvalue weighted by molar-refractivity contribution is 7.15. The summed E-state index contributed by atoms with van der Waals surface area (Å²) in [5.74, 6) is 0.168. The van der Waals surface area contributed by atoms with Gasteiger partial charge >= 0.3 is 0 Å². The van der Waals surface area contributed by atoms with Gasteiger partial charge in [0, 0.05) is 43.5 Å².